The Labute approximate surface area is 125 Å². The lowest BCUT2D eigenvalue weighted by Crippen LogP contribution is -2.21. The van der Waals surface area contributed by atoms with Crippen LogP contribution in [-0.4, -0.2) is 24.1 Å². The van der Waals surface area contributed by atoms with Gasteiger partial charge in [0.1, 0.15) is 5.75 Å². The molecule has 1 aromatic rings. The summed E-state index contributed by atoms with van der Waals surface area (Å²) in [5.74, 6) is -0.933. The van der Waals surface area contributed by atoms with Gasteiger partial charge in [0.15, 0.2) is 0 Å². The Hall–Kier alpha value is -1.56. The number of hydrogen-bond donors (Lipinski definition) is 2. The molecule has 1 aromatic carbocycles. The monoisotopic (exact) mass is 341 g/mol. The van der Waals surface area contributed by atoms with Crippen LogP contribution in [0.5, 0.6) is 5.75 Å². The van der Waals surface area contributed by atoms with E-state index in [1.54, 1.807) is 25.3 Å². The molecule has 0 aromatic heterocycles. The topological polar surface area (TPSA) is 75.6 Å². The molecule has 0 aliphatic heterocycles. The Kier molecular flexibility index (Phi) is 4.65. The van der Waals surface area contributed by atoms with Crippen LogP contribution < -0.4 is 10.1 Å². The molecule has 5 nitrogen and oxygen atoms in total. The van der Waals surface area contributed by atoms with Crippen LogP contribution in [0.2, 0.25) is 0 Å². The summed E-state index contributed by atoms with van der Waals surface area (Å²) < 4.78 is 5.98. The zero-order valence-corrected chi connectivity index (χ0v) is 12.6. The first-order chi connectivity index (χ1) is 9.51. The van der Waals surface area contributed by atoms with E-state index in [1.165, 1.54) is 0 Å². The fraction of sp³-hybridized carbons (Fsp3) is 0.429. The molecule has 0 spiro atoms. The molecule has 1 saturated carbocycles. The van der Waals surface area contributed by atoms with Crippen LogP contribution in [-0.2, 0) is 9.59 Å². The molecule has 1 amide bonds. The van der Waals surface area contributed by atoms with E-state index in [-0.39, 0.29) is 11.8 Å². The molecule has 0 saturated heterocycles. The molecule has 2 rings (SSSR count). The number of carbonyl (C=O) groups excluding carboxylic acids is 1. The minimum absolute atomic E-state index is 0.127. The zero-order valence-electron chi connectivity index (χ0n) is 11.1. The van der Waals surface area contributed by atoms with Crippen molar-refractivity contribution in [3.8, 4) is 5.75 Å². The number of carboxylic acids is 1. The molecule has 1 aliphatic carbocycles. The first-order valence-corrected chi connectivity index (χ1v) is 7.17. The van der Waals surface area contributed by atoms with Crippen LogP contribution in [0.1, 0.15) is 19.3 Å². The van der Waals surface area contributed by atoms with Gasteiger partial charge in [0.25, 0.3) is 0 Å². The number of hydrogen-bond acceptors (Lipinski definition) is 3. The third kappa shape index (κ3) is 3.30. The second kappa shape index (κ2) is 6.26. The average Bonchev–Trinajstić information content (AvgIpc) is 2.91. The van der Waals surface area contributed by atoms with Gasteiger partial charge < -0.3 is 15.2 Å². The second-order valence-corrected chi connectivity index (χ2v) is 5.74. The van der Waals surface area contributed by atoms with Gasteiger partial charge in [-0.05, 0) is 47.3 Å². The molecule has 0 bridgehead atoms. The third-order valence-electron chi connectivity index (χ3n) is 3.57. The normalized spacial score (nSPS) is 21.5. The van der Waals surface area contributed by atoms with E-state index in [0.717, 1.165) is 4.47 Å². The number of carboxylic acid groups (broad SMARTS) is 1. The van der Waals surface area contributed by atoms with Crippen molar-refractivity contribution in [2.24, 2.45) is 11.8 Å². The minimum atomic E-state index is -0.814. The molecule has 0 radical (unpaired) electrons. The molecule has 20 heavy (non-hydrogen) atoms. The van der Waals surface area contributed by atoms with E-state index >= 15 is 0 Å². The lowest BCUT2D eigenvalue weighted by atomic mass is 10.0. The summed E-state index contributed by atoms with van der Waals surface area (Å²) in [6.45, 7) is 0. The molecule has 2 N–H and O–H groups in total. The summed E-state index contributed by atoms with van der Waals surface area (Å²) in [6, 6.07) is 5.29. The van der Waals surface area contributed by atoms with Crippen LogP contribution >= 0.6 is 15.9 Å². The fourth-order valence-corrected chi connectivity index (χ4v) is 2.83. The maximum Gasteiger partial charge on any atom is 0.306 e. The van der Waals surface area contributed by atoms with Crippen molar-refractivity contribution >= 4 is 33.5 Å². The van der Waals surface area contributed by atoms with Gasteiger partial charge in [0, 0.05) is 17.7 Å². The van der Waals surface area contributed by atoms with Crippen LogP contribution in [0.15, 0.2) is 22.7 Å². The molecule has 108 valence electrons. The number of nitrogens with one attached hydrogen (secondary N) is 1. The van der Waals surface area contributed by atoms with E-state index in [2.05, 4.69) is 21.2 Å². The van der Waals surface area contributed by atoms with Crippen molar-refractivity contribution in [3.63, 3.8) is 0 Å². The first-order valence-electron chi connectivity index (χ1n) is 6.38. The SMILES string of the molecule is COc1cc(NC(=O)C2CCC(C(=O)O)C2)ccc1Br. The van der Waals surface area contributed by atoms with Gasteiger partial charge in [-0.3, -0.25) is 9.59 Å². The van der Waals surface area contributed by atoms with Gasteiger partial charge in [0.05, 0.1) is 17.5 Å². The van der Waals surface area contributed by atoms with Crippen LogP contribution in [0, 0.1) is 11.8 Å². The van der Waals surface area contributed by atoms with Crippen molar-refractivity contribution in [1.29, 1.82) is 0 Å². The van der Waals surface area contributed by atoms with E-state index in [1.807, 2.05) is 0 Å². The van der Waals surface area contributed by atoms with Crippen LogP contribution in [0.4, 0.5) is 5.69 Å². The lowest BCUT2D eigenvalue weighted by molar-refractivity contribution is -0.141. The molecule has 2 atom stereocenters. The predicted octanol–water partition coefficient (Wildman–Crippen LogP) is 2.90. The largest absolute Gasteiger partial charge is 0.495 e. The number of amides is 1. The number of halogens is 1. The number of rotatable bonds is 4. The Balaban J connectivity index is 2.00. The quantitative estimate of drug-likeness (QED) is 0.882. The Morgan fingerprint density at radius 1 is 1.35 bits per heavy atom. The number of benzene rings is 1. The van der Waals surface area contributed by atoms with E-state index in [0.29, 0.717) is 30.7 Å². The van der Waals surface area contributed by atoms with Gasteiger partial charge >= 0.3 is 5.97 Å². The summed E-state index contributed by atoms with van der Waals surface area (Å²) >= 11 is 3.34. The van der Waals surface area contributed by atoms with Gasteiger partial charge in [-0.1, -0.05) is 0 Å². The maximum absolute atomic E-state index is 12.1. The highest BCUT2D eigenvalue weighted by atomic mass is 79.9. The number of aliphatic carboxylic acids is 1. The zero-order chi connectivity index (χ0) is 14.7. The van der Waals surface area contributed by atoms with Crippen molar-refractivity contribution < 1.29 is 19.4 Å². The molecule has 0 heterocycles. The van der Waals surface area contributed by atoms with E-state index in [4.69, 9.17) is 9.84 Å². The molecule has 1 fully saturated rings. The summed E-state index contributed by atoms with van der Waals surface area (Å²) in [7, 11) is 1.56. The Morgan fingerprint density at radius 3 is 2.65 bits per heavy atom. The summed E-state index contributed by atoms with van der Waals surface area (Å²) in [6.07, 6.45) is 1.60. The van der Waals surface area contributed by atoms with Crippen molar-refractivity contribution in [3.05, 3.63) is 22.7 Å². The van der Waals surface area contributed by atoms with E-state index in [9.17, 15) is 9.59 Å². The fourth-order valence-electron chi connectivity index (χ4n) is 2.43. The lowest BCUT2D eigenvalue weighted by Gasteiger charge is -2.12. The summed E-state index contributed by atoms with van der Waals surface area (Å²) in [4.78, 5) is 23.0. The third-order valence-corrected chi connectivity index (χ3v) is 4.23. The smallest absolute Gasteiger partial charge is 0.306 e. The van der Waals surface area contributed by atoms with E-state index < -0.39 is 11.9 Å². The summed E-state index contributed by atoms with van der Waals surface area (Å²) in [5, 5.41) is 11.8. The predicted molar refractivity (Wildman–Crippen MR) is 77.8 cm³/mol. The van der Waals surface area contributed by atoms with Gasteiger partial charge in [-0.25, -0.2) is 0 Å². The van der Waals surface area contributed by atoms with Gasteiger partial charge in [0.2, 0.25) is 5.91 Å². The molecule has 6 heteroatoms. The average molecular weight is 342 g/mol. The van der Waals surface area contributed by atoms with Crippen molar-refractivity contribution in [2.75, 3.05) is 12.4 Å². The second-order valence-electron chi connectivity index (χ2n) is 4.88. The first kappa shape index (κ1) is 14.8. The number of methoxy groups -OCH3 is 1. The number of ether oxygens (including phenoxy) is 1. The van der Waals surface area contributed by atoms with Gasteiger partial charge in [-0.2, -0.15) is 0 Å². The summed E-state index contributed by atoms with van der Waals surface area (Å²) in [5.41, 5.74) is 0.647. The maximum atomic E-state index is 12.1. The Morgan fingerprint density at radius 2 is 2.05 bits per heavy atom. The highest BCUT2D eigenvalue weighted by Gasteiger charge is 2.33. The van der Waals surface area contributed by atoms with Crippen molar-refractivity contribution in [2.45, 2.75) is 19.3 Å². The van der Waals surface area contributed by atoms with Crippen LogP contribution in [0.3, 0.4) is 0 Å². The highest BCUT2D eigenvalue weighted by Crippen LogP contribution is 2.33. The molecular weight excluding hydrogens is 326 g/mol. The molecular formula is C14H16BrNO4. The highest BCUT2D eigenvalue weighted by molar-refractivity contribution is 9.10. The Bertz CT molecular complexity index is 532. The number of anilines is 1. The molecule has 1 aliphatic rings. The van der Waals surface area contributed by atoms with Crippen molar-refractivity contribution in [1.82, 2.24) is 0 Å². The molecule has 2 unspecified atom stereocenters. The standard InChI is InChI=1S/C14H16BrNO4/c1-20-12-7-10(4-5-11(12)15)16-13(17)8-2-3-9(6-8)14(18)19/h4-5,7-9H,2-3,6H2,1H3,(H,16,17)(H,18,19). The van der Waals surface area contributed by atoms with Crippen LogP contribution in [0.25, 0.3) is 0 Å². The minimum Gasteiger partial charge on any atom is -0.495 e. The number of carbonyl (C=O) groups is 2. The van der Waals surface area contributed by atoms with Gasteiger partial charge in [-0.15, -0.1) is 0 Å².